The summed E-state index contributed by atoms with van der Waals surface area (Å²) in [7, 11) is 0. The van der Waals surface area contributed by atoms with Crippen LogP contribution in [0.5, 0.6) is 0 Å². The summed E-state index contributed by atoms with van der Waals surface area (Å²) >= 11 is 0. The van der Waals surface area contributed by atoms with E-state index >= 15 is 0 Å². The van der Waals surface area contributed by atoms with Gasteiger partial charge in [0.1, 0.15) is 0 Å². The molecule has 0 fully saturated rings. The van der Waals surface area contributed by atoms with Gasteiger partial charge in [0.15, 0.2) is 0 Å². The minimum absolute atomic E-state index is 0.0494. The van der Waals surface area contributed by atoms with E-state index in [1.165, 1.54) is 27.8 Å². The van der Waals surface area contributed by atoms with Gasteiger partial charge in [-0.1, -0.05) is 152 Å². The van der Waals surface area contributed by atoms with Gasteiger partial charge in [-0.05, 0) is 334 Å². The molecule has 26 aromatic carbocycles. The Kier molecular flexibility index (Phi) is 4.11. The fourth-order valence-corrected chi connectivity index (χ4v) is 30.8. The molecular weight excluding hydrogens is 1110 g/mol. The van der Waals surface area contributed by atoms with Crippen LogP contribution < -0.4 is 0 Å². The molecule has 0 nitrogen and oxygen atoms in total. The molecule has 398 valence electrons. The summed E-state index contributed by atoms with van der Waals surface area (Å²) in [6, 6.07) is 62.2. The fraction of sp³-hybridized carbons (Fsp3) is 0.0870. The Labute approximate surface area is 515 Å². The van der Waals surface area contributed by atoms with Crippen LogP contribution >= 0.6 is 0 Å². The average molecular weight is 1140 g/mol. The molecule has 92 heavy (non-hydrogen) atoms. The molecule has 0 heterocycles. The van der Waals surface area contributed by atoms with Gasteiger partial charge in [0.05, 0.1) is 16.2 Å². The van der Waals surface area contributed by atoms with Crippen LogP contribution in [0.4, 0.5) is 0 Å². The second-order valence-corrected chi connectivity index (χ2v) is 32.3. The minimum atomic E-state index is -0.607. The van der Waals surface area contributed by atoms with Crippen LogP contribution in [0, 0.1) is 5.92 Å². The highest BCUT2D eigenvalue weighted by atomic mass is 14.8. The molecule has 11 aliphatic rings. The van der Waals surface area contributed by atoms with Gasteiger partial charge in [0.25, 0.3) is 0 Å². The zero-order valence-corrected chi connectivity index (χ0v) is 48.4. The van der Waals surface area contributed by atoms with E-state index in [1.807, 2.05) is 5.57 Å². The van der Waals surface area contributed by atoms with Gasteiger partial charge in [0, 0.05) is 16.7 Å². The van der Waals surface area contributed by atoms with Crippen LogP contribution in [-0.4, -0.2) is 0 Å². The minimum Gasteiger partial charge on any atom is -0.0622 e. The van der Waals surface area contributed by atoms with Gasteiger partial charge in [0.2, 0.25) is 0 Å². The molecular formula is C92H30. The van der Waals surface area contributed by atoms with Crippen molar-refractivity contribution in [1.82, 2.24) is 0 Å². The lowest BCUT2D eigenvalue weighted by atomic mass is 9.40. The maximum Gasteiger partial charge on any atom is 0.0724 e. The molecule has 0 bridgehead atoms. The number of allylic oxidation sites excluding steroid dienone is 4. The molecule has 0 radical (unpaired) electrons. The molecule has 0 spiro atoms. The van der Waals surface area contributed by atoms with Crippen molar-refractivity contribution < 1.29 is 0 Å². The molecule has 26 aromatic rings. The summed E-state index contributed by atoms with van der Waals surface area (Å²) in [4.78, 5) is 0. The lowest BCUT2D eigenvalue weighted by molar-refractivity contribution is 0.307. The van der Waals surface area contributed by atoms with Crippen molar-refractivity contribution in [3.63, 3.8) is 0 Å². The molecule has 0 unspecified atom stereocenters. The summed E-state index contributed by atoms with van der Waals surface area (Å²) in [5.74, 6) is 0.0494. The smallest absolute Gasteiger partial charge is 0.0622 e. The van der Waals surface area contributed by atoms with Gasteiger partial charge in [-0.25, -0.2) is 0 Å². The van der Waals surface area contributed by atoms with Crippen molar-refractivity contribution in [2.45, 2.75) is 39.9 Å². The standard InChI is InChI=1S/C92H30/c1-6-16-28(17-7-1)26-88-73-63-53-43-38-33-34-36-37-35(33)40-46-44(38)54(53)64-66-56(46)58-48(40)50-42(37)52-51-41(36)49-47-39(34)45(43)55-57(47)67-69-59(49)61(51)71-72-62(52)60(50)70-68(58)78-76(66)89(74(64)73,27-29-18-8-2-9-19-29)84-83(88)85-87-86(84)91(78,31-22-12-4-13-23-31)80(70)82(72)92(87,32-24-14-5-15-25-32)81(71)79(69)90(85,30-20-10-3-11-21-30)77(67)75(88)65(55)63/h1-25,83H,26-27H2/t83-,88+,89-,90+,91-,92+/m1/s1. The molecule has 11 aliphatic carbocycles. The molecule has 0 N–H and O–H groups in total. The van der Waals surface area contributed by atoms with Crippen molar-refractivity contribution in [2.24, 2.45) is 5.92 Å². The Bertz CT molecular complexity index is 8470. The Hall–Kier alpha value is -10.9. The Balaban J connectivity index is 1.03. The summed E-state index contributed by atoms with van der Waals surface area (Å²) in [5.41, 5.74) is 28.9. The van der Waals surface area contributed by atoms with Gasteiger partial charge >= 0.3 is 0 Å². The third kappa shape index (κ3) is 2.41. The van der Waals surface area contributed by atoms with Crippen LogP contribution in [0.3, 0.4) is 0 Å². The third-order valence-electron chi connectivity index (χ3n) is 31.2. The zero-order chi connectivity index (χ0) is 56.2. The maximum atomic E-state index is 2.67. The van der Waals surface area contributed by atoms with Gasteiger partial charge in [-0.2, -0.15) is 0 Å². The molecule has 37 rings (SSSR count). The molecule has 0 saturated carbocycles. The van der Waals surface area contributed by atoms with Crippen LogP contribution in [0.1, 0.15) is 83.5 Å². The van der Waals surface area contributed by atoms with E-state index in [9.17, 15) is 0 Å². The summed E-state index contributed by atoms with van der Waals surface area (Å²) in [6.07, 6.45) is 1.91. The summed E-state index contributed by atoms with van der Waals surface area (Å²) in [6.45, 7) is 0. The molecule has 6 atom stereocenters. The molecule has 0 amide bonds. The average Bonchev–Trinajstić information content (AvgIpc) is 1.37. The first-order chi connectivity index (χ1) is 45.8. The van der Waals surface area contributed by atoms with E-state index in [4.69, 9.17) is 0 Å². The molecule has 0 aliphatic heterocycles. The molecule has 0 aromatic heterocycles. The SMILES string of the molecule is c1ccc(C[C@@]23C4=C5C6=C7[C@@H]4[C@@]4(Cc8ccccc8)c8c2c2c9c3c3c%10c%11c(c%12c%13c%14c(c%15c%16c%17c(c4c4c8c8c2c2c%18c9c%10c9c%10c%11c%13c%11c%13c%14c%16c%14c%16c%17c4c4c8c2c2c(c%189)c(c%10%11)c(c%13%14)c2c%164)[C@]7%15c2ccccc2)[C@]6%12c2ccccc2)[C@]53c2ccccc2)cc1. The number of benzene rings is 20. The Morgan fingerprint density at radius 2 is 0.424 bits per heavy atom. The number of rotatable bonds is 7. The van der Waals surface area contributed by atoms with Crippen molar-refractivity contribution in [1.29, 1.82) is 0 Å². The predicted octanol–water partition coefficient (Wildman–Crippen LogP) is 21.5. The van der Waals surface area contributed by atoms with Gasteiger partial charge in [-0.15, -0.1) is 0 Å². The largest absolute Gasteiger partial charge is 0.0724 e. The highest BCUT2D eigenvalue weighted by Crippen LogP contribution is 2.92. The second-order valence-electron chi connectivity index (χ2n) is 32.3. The monoisotopic (exact) mass is 1130 g/mol. The first kappa shape index (κ1) is 38.6. The van der Waals surface area contributed by atoms with E-state index < -0.39 is 27.1 Å². The van der Waals surface area contributed by atoms with Crippen molar-refractivity contribution >= 4 is 215 Å². The lowest BCUT2D eigenvalue weighted by Crippen LogP contribution is -2.57. The van der Waals surface area contributed by atoms with Crippen LogP contribution in [0.25, 0.3) is 215 Å². The quantitative estimate of drug-likeness (QED) is 0.140. The normalized spacial score (nSPS) is 26.4. The maximum absolute atomic E-state index is 2.67. The molecule has 0 heteroatoms. The van der Waals surface area contributed by atoms with E-state index in [0.29, 0.717) is 0 Å². The van der Waals surface area contributed by atoms with Crippen molar-refractivity contribution in [3.8, 4) is 0 Å². The first-order valence-electron chi connectivity index (χ1n) is 34.3. The second kappa shape index (κ2) is 9.80. The Morgan fingerprint density at radius 1 is 0.196 bits per heavy atom. The molecule has 0 saturated heterocycles. The first-order valence-corrected chi connectivity index (χ1v) is 34.3. The van der Waals surface area contributed by atoms with E-state index in [0.717, 1.165) is 12.8 Å². The highest BCUT2D eigenvalue weighted by Gasteiger charge is 2.82. The topological polar surface area (TPSA) is 0 Å². The zero-order valence-electron chi connectivity index (χ0n) is 48.4. The van der Waals surface area contributed by atoms with Crippen LogP contribution in [-0.2, 0) is 39.9 Å². The van der Waals surface area contributed by atoms with E-state index in [-0.39, 0.29) is 5.92 Å². The van der Waals surface area contributed by atoms with E-state index in [1.54, 1.807) is 288 Å². The van der Waals surface area contributed by atoms with Crippen molar-refractivity contribution in [2.75, 3.05) is 0 Å². The Morgan fingerprint density at radius 3 is 0.783 bits per heavy atom. The third-order valence-corrected chi connectivity index (χ3v) is 31.2. The summed E-state index contributed by atoms with van der Waals surface area (Å²) < 4.78 is 0. The number of hydrogen-bond acceptors (Lipinski definition) is 0. The predicted molar refractivity (Wildman–Crippen MR) is 376 cm³/mol. The number of hydrogen-bond donors (Lipinski definition) is 0. The summed E-state index contributed by atoms with van der Waals surface area (Å²) in [5, 5.41) is 65.8. The van der Waals surface area contributed by atoms with Crippen LogP contribution in [0.2, 0.25) is 0 Å². The van der Waals surface area contributed by atoms with Gasteiger partial charge < -0.3 is 0 Å². The van der Waals surface area contributed by atoms with Gasteiger partial charge in [-0.3, -0.25) is 0 Å². The van der Waals surface area contributed by atoms with E-state index in [2.05, 4.69) is 152 Å². The lowest BCUT2D eigenvalue weighted by Gasteiger charge is -2.60. The van der Waals surface area contributed by atoms with Crippen molar-refractivity contribution in [3.05, 3.63) is 257 Å². The van der Waals surface area contributed by atoms with Crippen LogP contribution in [0.15, 0.2) is 174 Å². The fourth-order valence-electron chi connectivity index (χ4n) is 30.8. The highest BCUT2D eigenvalue weighted by molar-refractivity contribution is 6.77.